The van der Waals surface area contributed by atoms with E-state index in [0.29, 0.717) is 11.3 Å². The van der Waals surface area contributed by atoms with Crippen molar-refractivity contribution in [3.05, 3.63) is 12.3 Å². The fourth-order valence-corrected chi connectivity index (χ4v) is 2.17. The van der Waals surface area contributed by atoms with Gasteiger partial charge in [-0.15, -0.1) is 11.8 Å². The third-order valence-corrected chi connectivity index (χ3v) is 2.87. The minimum Gasteiger partial charge on any atom is -0.391 e. The van der Waals surface area contributed by atoms with E-state index in [4.69, 9.17) is 0 Å². The molecule has 2 aliphatic heterocycles. The maximum atomic E-state index is 4.36. The summed E-state index contributed by atoms with van der Waals surface area (Å²) in [6.07, 6.45) is 5.42. The number of hydrogen-bond donors (Lipinski definition) is 1. The number of nitrogens with zero attached hydrogens (tertiary/aromatic N) is 1. The van der Waals surface area contributed by atoms with E-state index in [1.54, 1.807) is 0 Å². The van der Waals surface area contributed by atoms with E-state index in [9.17, 15) is 0 Å². The first-order valence-corrected chi connectivity index (χ1v) is 4.48. The van der Waals surface area contributed by atoms with Gasteiger partial charge >= 0.3 is 0 Å². The molecular weight excluding hydrogens is 144 g/mol. The number of aliphatic imine (C=N–C) groups is 1. The molecule has 0 aromatic carbocycles. The molecule has 0 radical (unpaired) electrons. The van der Waals surface area contributed by atoms with Gasteiger partial charge in [-0.1, -0.05) is 6.08 Å². The minimum atomic E-state index is 0.538. The van der Waals surface area contributed by atoms with E-state index in [-0.39, 0.29) is 0 Å². The van der Waals surface area contributed by atoms with E-state index in [0.717, 1.165) is 6.54 Å². The lowest BCUT2D eigenvalue weighted by atomic mass is 10.1. The summed E-state index contributed by atoms with van der Waals surface area (Å²) in [5, 5.41) is 3.81. The Kier molecular flexibility index (Phi) is 1.67. The molecule has 0 saturated heterocycles. The van der Waals surface area contributed by atoms with Crippen LogP contribution in [-0.2, 0) is 0 Å². The zero-order valence-electron chi connectivity index (χ0n) is 5.66. The Hall–Kier alpha value is -0.440. The monoisotopic (exact) mass is 154 g/mol. The van der Waals surface area contributed by atoms with Crippen molar-refractivity contribution in [2.75, 3.05) is 6.54 Å². The lowest BCUT2D eigenvalue weighted by Gasteiger charge is -2.08. The van der Waals surface area contributed by atoms with Crippen LogP contribution in [0.15, 0.2) is 17.3 Å². The number of thioether (sulfide) groups is 1. The normalized spacial score (nSPS) is 36.8. The predicted octanol–water partition coefficient (Wildman–Crippen LogP) is 1.01. The Labute approximate surface area is 64.8 Å². The van der Waals surface area contributed by atoms with Gasteiger partial charge in [-0.05, 0) is 12.6 Å². The molecule has 0 spiro atoms. The van der Waals surface area contributed by atoms with Gasteiger partial charge in [-0.25, -0.2) is 0 Å². The van der Waals surface area contributed by atoms with Crippen molar-refractivity contribution < 1.29 is 0 Å². The van der Waals surface area contributed by atoms with Gasteiger partial charge in [0.15, 0.2) is 0 Å². The van der Waals surface area contributed by atoms with Crippen molar-refractivity contribution in [2.45, 2.75) is 17.7 Å². The fraction of sp³-hybridized carbons (Fsp3) is 0.571. The summed E-state index contributed by atoms with van der Waals surface area (Å²) >= 11 is 1.82. The van der Waals surface area contributed by atoms with Gasteiger partial charge in [-0.3, -0.25) is 4.99 Å². The summed E-state index contributed by atoms with van der Waals surface area (Å²) < 4.78 is 0. The van der Waals surface area contributed by atoms with E-state index >= 15 is 0 Å². The van der Waals surface area contributed by atoms with E-state index < -0.39 is 0 Å². The molecule has 0 bridgehead atoms. The second kappa shape index (κ2) is 2.66. The molecule has 0 fully saturated rings. The van der Waals surface area contributed by atoms with Crippen LogP contribution in [0.25, 0.3) is 0 Å². The lowest BCUT2D eigenvalue weighted by Crippen LogP contribution is -2.16. The van der Waals surface area contributed by atoms with Crippen LogP contribution in [0.5, 0.6) is 0 Å². The largest absolute Gasteiger partial charge is 0.391 e. The summed E-state index contributed by atoms with van der Waals surface area (Å²) in [6, 6.07) is 0.538. The minimum absolute atomic E-state index is 0.538. The molecule has 1 N–H and O–H groups in total. The van der Waals surface area contributed by atoms with Gasteiger partial charge in [0.1, 0.15) is 0 Å². The van der Waals surface area contributed by atoms with Crippen molar-refractivity contribution in [1.29, 1.82) is 0 Å². The Morgan fingerprint density at radius 2 is 2.60 bits per heavy atom. The van der Waals surface area contributed by atoms with Crippen LogP contribution in [0.2, 0.25) is 0 Å². The van der Waals surface area contributed by atoms with E-state index in [2.05, 4.69) is 16.4 Å². The highest BCUT2D eigenvalue weighted by atomic mass is 32.2. The topological polar surface area (TPSA) is 24.4 Å². The predicted molar refractivity (Wildman–Crippen MR) is 45.4 cm³/mol. The molecule has 2 aliphatic rings. The Morgan fingerprint density at radius 3 is 3.60 bits per heavy atom. The average Bonchev–Trinajstić information content (AvgIpc) is 2.28. The summed E-state index contributed by atoms with van der Waals surface area (Å²) in [7, 11) is 0. The van der Waals surface area contributed by atoms with Crippen LogP contribution in [0.3, 0.4) is 0 Å². The molecular formula is C7H10N2S. The summed E-state index contributed by atoms with van der Waals surface area (Å²) in [5.74, 6) is 0. The molecule has 2 rings (SSSR count). The number of fused-ring (bicyclic) bond motifs is 1. The first kappa shape index (κ1) is 6.28. The second-order valence-electron chi connectivity index (χ2n) is 2.52. The third kappa shape index (κ3) is 1.06. The van der Waals surface area contributed by atoms with E-state index in [1.165, 1.54) is 6.42 Å². The Bertz CT molecular complexity index is 176. The number of hydrogen-bond acceptors (Lipinski definition) is 3. The Morgan fingerprint density at radius 1 is 1.60 bits per heavy atom. The molecule has 2 heterocycles. The molecule has 0 aromatic heterocycles. The molecule has 2 nitrogen and oxygen atoms in total. The summed E-state index contributed by atoms with van der Waals surface area (Å²) in [4.78, 5) is 4.36. The average molecular weight is 154 g/mol. The molecule has 54 valence electrons. The molecule has 0 aliphatic carbocycles. The zero-order chi connectivity index (χ0) is 6.81. The van der Waals surface area contributed by atoms with Gasteiger partial charge in [0.25, 0.3) is 0 Å². The highest BCUT2D eigenvalue weighted by Crippen LogP contribution is 2.25. The van der Waals surface area contributed by atoms with Gasteiger partial charge in [0.2, 0.25) is 0 Å². The molecule has 3 heteroatoms. The van der Waals surface area contributed by atoms with Crippen molar-refractivity contribution in [3.63, 3.8) is 0 Å². The quantitative estimate of drug-likeness (QED) is 0.563. The summed E-state index contributed by atoms with van der Waals surface area (Å²) in [5.41, 5.74) is 1.98. The highest BCUT2D eigenvalue weighted by Gasteiger charge is 2.23. The molecule has 2 unspecified atom stereocenters. The van der Waals surface area contributed by atoms with Crippen LogP contribution in [-0.4, -0.2) is 23.4 Å². The molecule has 10 heavy (non-hydrogen) atoms. The summed E-state index contributed by atoms with van der Waals surface area (Å²) in [6.45, 7) is 1.07. The maximum absolute atomic E-state index is 4.36. The van der Waals surface area contributed by atoms with Crippen molar-refractivity contribution in [1.82, 2.24) is 5.32 Å². The maximum Gasteiger partial charge on any atom is 0.0680 e. The van der Waals surface area contributed by atoms with Crippen LogP contribution in [0, 0.1) is 0 Å². The number of rotatable bonds is 0. The molecule has 0 aromatic rings. The van der Waals surface area contributed by atoms with E-state index in [1.807, 2.05) is 23.5 Å². The molecule has 2 atom stereocenters. The van der Waals surface area contributed by atoms with Crippen LogP contribution >= 0.6 is 11.8 Å². The SMILES string of the molecule is C1=CC2SC=NC2CCN1. The van der Waals surface area contributed by atoms with Gasteiger partial charge < -0.3 is 5.32 Å². The third-order valence-electron chi connectivity index (χ3n) is 1.84. The Balaban J connectivity index is 2.10. The van der Waals surface area contributed by atoms with Crippen LogP contribution < -0.4 is 5.32 Å². The number of nitrogens with one attached hydrogen (secondary N) is 1. The van der Waals surface area contributed by atoms with Crippen molar-refractivity contribution >= 4 is 17.3 Å². The fourth-order valence-electron chi connectivity index (χ4n) is 1.25. The van der Waals surface area contributed by atoms with Crippen LogP contribution in [0.1, 0.15) is 6.42 Å². The lowest BCUT2D eigenvalue weighted by molar-refractivity contribution is 0.641. The van der Waals surface area contributed by atoms with Gasteiger partial charge in [-0.2, -0.15) is 0 Å². The molecule has 0 saturated carbocycles. The zero-order valence-corrected chi connectivity index (χ0v) is 6.47. The highest BCUT2D eigenvalue weighted by molar-refractivity contribution is 8.13. The second-order valence-corrected chi connectivity index (χ2v) is 3.55. The first-order valence-electron chi connectivity index (χ1n) is 3.54. The molecule has 0 amide bonds. The van der Waals surface area contributed by atoms with Crippen molar-refractivity contribution in [2.24, 2.45) is 4.99 Å². The first-order chi connectivity index (χ1) is 4.97. The smallest absolute Gasteiger partial charge is 0.0680 e. The van der Waals surface area contributed by atoms with Crippen LogP contribution in [0.4, 0.5) is 0 Å². The standard InChI is InChI=1S/C7H10N2S/c1-3-8-4-2-7-6(1)9-5-10-7/h2,4-8H,1,3H2. The van der Waals surface area contributed by atoms with Gasteiger partial charge in [0, 0.05) is 6.54 Å². The van der Waals surface area contributed by atoms with Crippen molar-refractivity contribution in [3.8, 4) is 0 Å². The van der Waals surface area contributed by atoms with Gasteiger partial charge in [0.05, 0.1) is 16.8 Å².